The highest BCUT2D eigenvalue weighted by Gasteiger charge is 2.22. The lowest BCUT2D eigenvalue weighted by atomic mass is 9.91. The third kappa shape index (κ3) is 3.17. The Hall–Kier alpha value is -1.15. The third-order valence-corrected chi connectivity index (χ3v) is 2.57. The van der Waals surface area contributed by atoms with Crippen molar-refractivity contribution in [3.05, 3.63) is 35.4 Å². The molecule has 0 bridgehead atoms. The molecule has 1 unspecified atom stereocenters. The molecule has 0 fully saturated rings. The summed E-state index contributed by atoms with van der Waals surface area (Å²) in [7, 11) is 0. The highest BCUT2D eigenvalue weighted by Crippen LogP contribution is 2.24. The van der Waals surface area contributed by atoms with E-state index in [-0.39, 0.29) is 6.42 Å². The molecule has 2 nitrogen and oxygen atoms in total. The van der Waals surface area contributed by atoms with Crippen molar-refractivity contribution in [3.63, 3.8) is 0 Å². The maximum atomic E-state index is 10.4. The summed E-state index contributed by atoms with van der Waals surface area (Å²) in [5.41, 5.74) is 0.993. The second-order valence-electron chi connectivity index (χ2n) is 4.10. The first-order chi connectivity index (χ1) is 7.10. The monoisotopic (exact) mass is 206 g/mol. The lowest BCUT2D eigenvalue weighted by Crippen LogP contribution is -2.21. The van der Waals surface area contributed by atoms with Gasteiger partial charge in [-0.05, 0) is 24.5 Å². The Balaban J connectivity index is 2.93. The summed E-state index contributed by atoms with van der Waals surface area (Å²) in [6.07, 6.45) is 2.99. The minimum Gasteiger partial charge on any atom is -0.385 e. The number of benzene rings is 1. The number of aryl methyl sites for hydroxylation is 1. The summed E-state index contributed by atoms with van der Waals surface area (Å²) in [6, 6.07) is 7.82. The Morgan fingerprint density at radius 2 is 2.20 bits per heavy atom. The Labute approximate surface area is 90.9 Å². The molecule has 0 radical (unpaired) electrons. The second kappa shape index (κ2) is 5.08. The number of hydrogen-bond acceptors (Lipinski definition) is 2. The van der Waals surface area contributed by atoms with Gasteiger partial charge < -0.3 is 9.90 Å². The Kier molecular flexibility index (Phi) is 4.04. The molecule has 0 aliphatic rings. The van der Waals surface area contributed by atoms with E-state index in [1.165, 1.54) is 5.56 Å². The minimum absolute atomic E-state index is 0.141. The summed E-state index contributed by atoms with van der Waals surface area (Å²) in [5.74, 6) is 0. The molecule has 82 valence electrons. The van der Waals surface area contributed by atoms with Crippen LogP contribution in [0, 0.1) is 0 Å². The molecule has 0 aliphatic heterocycles. The van der Waals surface area contributed by atoms with Gasteiger partial charge in [0, 0.05) is 6.42 Å². The Morgan fingerprint density at radius 3 is 2.80 bits per heavy atom. The Bertz CT molecular complexity index is 329. The standard InChI is InChI=1S/C13H18O2/c1-3-5-11-6-4-7-12(10-11)13(2,15)8-9-14/h4,6-7,9-10,15H,3,5,8H2,1-2H3. The molecule has 15 heavy (non-hydrogen) atoms. The number of carbonyl (C=O) groups is 1. The molecule has 1 aromatic rings. The van der Waals surface area contributed by atoms with Crippen molar-refractivity contribution in [2.75, 3.05) is 0 Å². The van der Waals surface area contributed by atoms with Crippen molar-refractivity contribution in [2.24, 2.45) is 0 Å². The predicted octanol–water partition coefficient (Wildman–Crippen LogP) is 2.44. The van der Waals surface area contributed by atoms with Gasteiger partial charge in [-0.2, -0.15) is 0 Å². The first kappa shape index (κ1) is 11.9. The zero-order chi connectivity index (χ0) is 11.3. The van der Waals surface area contributed by atoms with Gasteiger partial charge in [-0.15, -0.1) is 0 Å². The van der Waals surface area contributed by atoms with Crippen LogP contribution < -0.4 is 0 Å². The van der Waals surface area contributed by atoms with E-state index >= 15 is 0 Å². The highest BCUT2D eigenvalue weighted by atomic mass is 16.3. The first-order valence-electron chi connectivity index (χ1n) is 5.35. The average Bonchev–Trinajstić information content (AvgIpc) is 2.19. The van der Waals surface area contributed by atoms with Gasteiger partial charge in [0.1, 0.15) is 6.29 Å². The van der Waals surface area contributed by atoms with Gasteiger partial charge in [-0.25, -0.2) is 0 Å². The predicted molar refractivity (Wildman–Crippen MR) is 60.7 cm³/mol. The van der Waals surface area contributed by atoms with Crippen LogP contribution in [0.1, 0.15) is 37.8 Å². The molecular formula is C13H18O2. The molecule has 1 aromatic carbocycles. The van der Waals surface area contributed by atoms with Gasteiger partial charge in [0.2, 0.25) is 0 Å². The van der Waals surface area contributed by atoms with Gasteiger partial charge in [-0.3, -0.25) is 0 Å². The molecule has 0 saturated heterocycles. The maximum absolute atomic E-state index is 10.4. The zero-order valence-corrected chi connectivity index (χ0v) is 9.36. The molecule has 0 heterocycles. The van der Waals surface area contributed by atoms with Crippen molar-refractivity contribution in [3.8, 4) is 0 Å². The van der Waals surface area contributed by atoms with Crippen LogP contribution in [0.15, 0.2) is 24.3 Å². The normalized spacial score (nSPS) is 14.6. The van der Waals surface area contributed by atoms with E-state index in [9.17, 15) is 9.90 Å². The van der Waals surface area contributed by atoms with E-state index in [2.05, 4.69) is 6.92 Å². The van der Waals surface area contributed by atoms with Crippen molar-refractivity contribution in [2.45, 2.75) is 38.7 Å². The largest absolute Gasteiger partial charge is 0.385 e. The summed E-state index contributed by atoms with van der Waals surface area (Å²) < 4.78 is 0. The summed E-state index contributed by atoms with van der Waals surface area (Å²) in [6.45, 7) is 3.79. The van der Waals surface area contributed by atoms with Crippen molar-refractivity contribution < 1.29 is 9.90 Å². The molecule has 1 N–H and O–H groups in total. The van der Waals surface area contributed by atoms with Gasteiger partial charge in [0.25, 0.3) is 0 Å². The first-order valence-corrected chi connectivity index (χ1v) is 5.35. The van der Waals surface area contributed by atoms with Gasteiger partial charge in [-0.1, -0.05) is 37.6 Å². The fourth-order valence-corrected chi connectivity index (χ4v) is 1.63. The summed E-state index contributed by atoms with van der Waals surface area (Å²) in [5, 5.41) is 10.0. The van der Waals surface area contributed by atoms with E-state index in [4.69, 9.17) is 0 Å². The van der Waals surface area contributed by atoms with Crippen LogP contribution in [0.2, 0.25) is 0 Å². The SMILES string of the molecule is CCCc1cccc(C(C)(O)CC=O)c1. The van der Waals surface area contributed by atoms with Gasteiger partial charge >= 0.3 is 0 Å². The summed E-state index contributed by atoms with van der Waals surface area (Å²) >= 11 is 0. The highest BCUT2D eigenvalue weighted by molar-refractivity contribution is 5.52. The zero-order valence-electron chi connectivity index (χ0n) is 9.36. The van der Waals surface area contributed by atoms with Crippen LogP contribution >= 0.6 is 0 Å². The number of carbonyl (C=O) groups excluding carboxylic acids is 1. The van der Waals surface area contributed by atoms with Crippen LogP contribution in [0.5, 0.6) is 0 Å². The van der Waals surface area contributed by atoms with E-state index in [0.29, 0.717) is 0 Å². The number of aliphatic hydroxyl groups is 1. The van der Waals surface area contributed by atoms with Crippen LogP contribution in [0.4, 0.5) is 0 Å². The molecule has 0 spiro atoms. The van der Waals surface area contributed by atoms with E-state index in [0.717, 1.165) is 24.7 Å². The molecule has 1 rings (SSSR count). The van der Waals surface area contributed by atoms with Crippen LogP contribution in [-0.2, 0) is 16.8 Å². The smallest absolute Gasteiger partial charge is 0.123 e. The lowest BCUT2D eigenvalue weighted by molar-refractivity contribution is -0.112. The maximum Gasteiger partial charge on any atom is 0.123 e. The lowest BCUT2D eigenvalue weighted by Gasteiger charge is -2.21. The van der Waals surface area contributed by atoms with Gasteiger partial charge in [0.15, 0.2) is 0 Å². The molecule has 1 atom stereocenters. The van der Waals surface area contributed by atoms with Crippen molar-refractivity contribution in [1.29, 1.82) is 0 Å². The third-order valence-electron chi connectivity index (χ3n) is 2.57. The summed E-state index contributed by atoms with van der Waals surface area (Å²) in [4.78, 5) is 10.4. The fourth-order valence-electron chi connectivity index (χ4n) is 1.63. The van der Waals surface area contributed by atoms with Crippen LogP contribution in [0.3, 0.4) is 0 Å². The van der Waals surface area contributed by atoms with Crippen molar-refractivity contribution >= 4 is 6.29 Å². The quantitative estimate of drug-likeness (QED) is 0.751. The topological polar surface area (TPSA) is 37.3 Å². The Morgan fingerprint density at radius 1 is 1.47 bits per heavy atom. The van der Waals surface area contributed by atoms with Crippen LogP contribution in [-0.4, -0.2) is 11.4 Å². The molecule has 0 saturated carbocycles. The van der Waals surface area contributed by atoms with Gasteiger partial charge in [0.05, 0.1) is 5.60 Å². The molecule has 2 heteroatoms. The fraction of sp³-hybridized carbons (Fsp3) is 0.462. The number of hydrogen-bond donors (Lipinski definition) is 1. The van der Waals surface area contributed by atoms with Crippen molar-refractivity contribution in [1.82, 2.24) is 0 Å². The molecule has 0 aliphatic carbocycles. The minimum atomic E-state index is -1.04. The average molecular weight is 206 g/mol. The van der Waals surface area contributed by atoms with E-state index in [1.807, 2.05) is 24.3 Å². The second-order valence-corrected chi connectivity index (χ2v) is 4.10. The number of rotatable bonds is 5. The molecule has 0 amide bonds. The molecule has 0 aromatic heterocycles. The van der Waals surface area contributed by atoms with E-state index in [1.54, 1.807) is 6.92 Å². The number of aldehydes is 1. The van der Waals surface area contributed by atoms with E-state index < -0.39 is 5.60 Å². The van der Waals surface area contributed by atoms with Crippen LogP contribution in [0.25, 0.3) is 0 Å². The molecular weight excluding hydrogens is 188 g/mol.